The fourth-order valence-corrected chi connectivity index (χ4v) is 5.17. The lowest BCUT2D eigenvalue weighted by molar-refractivity contribution is 0.0581. The highest BCUT2D eigenvalue weighted by molar-refractivity contribution is 5.95. The third kappa shape index (κ3) is 5.90. The van der Waals surface area contributed by atoms with Crippen LogP contribution in [0.3, 0.4) is 0 Å². The fourth-order valence-electron chi connectivity index (χ4n) is 5.17. The molecule has 0 radical (unpaired) electrons. The molecule has 0 spiro atoms. The molecule has 6 nitrogen and oxygen atoms in total. The van der Waals surface area contributed by atoms with E-state index in [0.717, 1.165) is 49.5 Å². The van der Waals surface area contributed by atoms with Crippen LogP contribution in [-0.4, -0.2) is 56.1 Å². The molecule has 0 aliphatic carbocycles. The predicted octanol–water partition coefficient (Wildman–Crippen LogP) is 5.34. The summed E-state index contributed by atoms with van der Waals surface area (Å²) in [4.78, 5) is 17.5. The summed E-state index contributed by atoms with van der Waals surface area (Å²) in [7, 11) is 5.14. The zero-order valence-electron chi connectivity index (χ0n) is 21.5. The Hall–Kier alpha value is -3.32. The van der Waals surface area contributed by atoms with Gasteiger partial charge in [0.25, 0.3) is 5.91 Å². The summed E-state index contributed by atoms with van der Waals surface area (Å²) >= 11 is 0. The maximum Gasteiger partial charge on any atom is 0.257 e. The molecule has 1 saturated heterocycles. The number of halogens is 1. The summed E-state index contributed by atoms with van der Waals surface area (Å²) in [5.41, 5.74) is 2.33. The van der Waals surface area contributed by atoms with E-state index in [9.17, 15) is 9.18 Å². The number of aryl methyl sites for hydroxylation is 1. The molecule has 0 saturated carbocycles. The highest BCUT2D eigenvalue weighted by atomic mass is 19.1. The molecule has 0 unspecified atom stereocenters. The molecule has 2 aromatic carbocycles. The van der Waals surface area contributed by atoms with Gasteiger partial charge in [-0.1, -0.05) is 18.2 Å². The Morgan fingerprint density at radius 2 is 1.78 bits per heavy atom. The van der Waals surface area contributed by atoms with Crippen LogP contribution in [0.25, 0.3) is 0 Å². The molecule has 192 valence electrons. The molecule has 1 fully saturated rings. The van der Waals surface area contributed by atoms with Crippen LogP contribution in [0.5, 0.6) is 11.5 Å². The molecule has 3 aromatic rings. The second kappa shape index (κ2) is 11.6. The van der Waals surface area contributed by atoms with E-state index in [1.165, 1.54) is 12.3 Å². The van der Waals surface area contributed by atoms with Crippen molar-refractivity contribution in [2.45, 2.75) is 38.8 Å². The standard InChI is InChI=1S/C29H35FN2O4/c1-20-26(11-14-36-20)29(33)31(2)28(17-23-7-5-6-8-27(23)30)22-9-12-32(13-10-22)19-21-15-24(34-3)18-25(16-21)35-4/h5-8,11,14-16,18,22,28H,9-10,12-13,17,19H2,1-4H3/t28-/m1/s1. The van der Waals surface area contributed by atoms with Crippen LogP contribution in [-0.2, 0) is 13.0 Å². The van der Waals surface area contributed by atoms with E-state index in [-0.39, 0.29) is 23.7 Å². The monoisotopic (exact) mass is 494 g/mol. The molecule has 1 atom stereocenters. The maximum absolute atomic E-state index is 14.6. The highest BCUT2D eigenvalue weighted by Crippen LogP contribution is 2.30. The number of benzene rings is 2. The first-order chi connectivity index (χ1) is 17.4. The average molecular weight is 495 g/mol. The van der Waals surface area contributed by atoms with Gasteiger partial charge in [-0.3, -0.25) is 9.69 Å². The molecule has 2 heterocycles. The van der Waals surface area contributed by atoms with Crippen LogP contribution in [0.2, 0.25) is 0 Å². The summed E-state index contributed by atoms with van der Waals surface area (Å²) < 4.78 is 30.8. The quantitative estimate of drug-likeness (QED) is 0.402. The number of likely N-dealkylation sites (N-methyl/N-ethyl adjacent to an activating group) is 1. The van der Waals surface area contributed by atoms with Gasteiger partial charge in [0.1, 0.15) is 23.1 Å². The Labute approximate surface area is 212 Å². The Morgan fingerprint density at radius 1 is 1.11 bits per heavy atom. The van der Waals surface area contributed by atoms with Crippen LogP contribution in [0.1, 0.15) is 40.1 Å². The SMILES string of the molecule is COc1cc(CN2CCC([C@@H](Cc3ccccc3F)N(C)C(=O)c3ccoc3C)CC2)cc(OC)c1. The van der Waals surface area contributed by atoms with E-state index < -0.39 is 0 Å². The van der Waals surface area contributed by atoms with E-state index in [1.807, 2.05) is 37.4 Å². The number of ether oxygens (including phenoxy) is 2. The molecule has 1 aromatic heterocycles. The Morgan fingerprint density at radius 3 is 2.36 bits per heavy atom. The number of amides is 1. The lowest BCUT2D eigenvalue weighted by atomic mass is 9.84. The molecular formula is C29H35FN2O4. The largest absolute Gasteiger partial charge is 0.497 e. The predicted molar refractivity (Wildman–Crippen MR) is 137 cm³/mol. The Bertz CT molecular complexity index is 1150. The van der Waals surface area contributed by atoms with E-state index in [4.69, 9.17) is 13.9 Å². The van der Waals surface area contributed by atoms with Gasteiger partial charge in [0.05, 0.1) is 26.0 Å². The van der Waals surface area contributed by atoms with E-state index >= 15 is 0 Å². The first-order valence-electron chi connectivity index (χ1n) is 12.4. The maximum atomic E-state index is 14.6. The topological polar surface area (TPSA) is 55.2 Å². The number of furan rings is 1. The van der Waals surface area contributed by atoms with Gasteiger partial charge >= 0.3 is 0 Å². The molecule has 0 N–H and O–H groups in total. The van der Waals surface area contributed by atoms with Crippen LogP contribution in [0.15, 0.2) is 59.2 Å². The van der Waals surface area contributed by atoms with Crippen molar-refractivity contribution in [3.05, 3.63) is 83.1 Å². The zero-order chi connectivity index (χ0) is 25.7. The van der Waals surface area contributed by atoms with E-state index in [2.05, 4.69) is 4.90 Å². The first-order valence-corrected chi connectivity index (χ1v) is 12.4. The highest BCUT2D eigenvalue weighted by Gasteiger charge is 2.33. The lowest BCUT2D eigenvalue weighted by Crippen LogP contribution is -2.47. The van der Waals surface area contributed by atoms with Crippen LogP contribution in [0, 0.1) is 18.7 Å². The summed E-state index contributed by atoms with van der Waals surface area (Å²) in [6, 6.07) is 14.4. The molecule has 1 aliphatic rings. The van der Waals surface area contributed by atoms with Gasteiger partial charge in [0.15, 0.2) is 0 Å². The van der Waals surface area contributed by atoms with Crippen molar-refractivity contribution in [1.29, 1.82) is 0 Å². The summed E-state index contributed by atoms with van der Waals surface area (Å²) in [6.07, 6.45) is 3.85. The second-order valence-electron chi connectivity index (χ2n) is 9.50. The minimum atomic E-state index is -0.229. The van der Waals surface area contributed by atoms with Gasteiger partial charge < -0.3 is 18.8 Å². The van der Waals surface area contributed by atoms with Crippen molar-refractivity contribution >= 4 is 5.91 Å². The number of rotatable bonds is 9. The van der Waals surface area contributed by atoms with Crippen LogP contribution >= 0.6 is 0 Å². The Balaban J connectivity index is 1.48. The molecule has 36 heavy (non-hydrogen) atoms. The minimum absolute atomic E-state index is 0.0894. The van der Waals surface area contributed by atoms with Crippen molar-refractivity contribution in [2.75, 3.05) is 34.4 Å². The fraction of sp³-hybridized carbons (Fsp3) is 0.414. The van der Waals surface area contributed by atoms with Gasteiger partial charge in [0, 0.05) is 25.7 Å². The van der Waals surface area contributed by atoms with Crippen molar-refractivity contribution < 1.29 is 23.1 Å². The molecule has 7 heteroatoms. The normalized spacial score (nSPS) is 15.5. The van der Waals surface area contributed by atoms with Crippen molar-refractivity contribution in [2.24, 2.45) is 5.92 Å². The Kier molecular flexibility index (Phi) is 8.31. The third-order valence-electron chi connectivity index (χ3n) is 7.29. The molecule has 1 aliphatic heterocycles. The lowest BCUT2D eigenvalue weighted by Gasteiger charge is -2.40. The molecule has 1 amide bonds. The number of hydrogen-bond acceptors (Lipinski definition) is 5. The third-order valence-corrected chi connectivity index (χ3v) is 7.29. The first kappa shape index (κ1) is 25.8. The molecule has 0 bridgehead atoms. The van der Waals surface area contributed by atoms with Gasteiger partial charge in [-0.25, -0.2) is 4.39 Å². The van der Waals surface area contributed by atoms with Crippen LogP contribution < -0.4 is 9.47 Å². The van der Waals surface area contributed by atoms with Gasteiger partial charge in [-0.2, -0.15) is 0 Å². The van der Waals surface area contributed by atoms with E-state index in [0.29, 0.717) is 23.3 Å². The number of methoxy groups -OCH3 is 2. The smallest absolute Gasteiger partial charge is 0.257 e. The number of piperidine rings is 1. The number of carbonyl (C=O) groups excluding carboxylic acids is 1. The van der Waals surface area contributed by atoms with Crippen molar-refractivity contribution in [1.82, 2.24) is 9.80 Å². The van der Waals surface area contributed by atoms with Gasteiger partial charge in [-0.05, 0) is 80.6 Å². The van der Waals surface area contributed by atoms with Crippen LogP contribution in [0.4, 0.5) is 4.39 Å². The second-order valence-corrected chi connectivity index (χ2v) is 9.50. The summed E-state index contributed by atoms with van der Waals surface area (Å²) in [5, 5.41) is 0. The van der Waals surface area contributed by atoms with Gasteiger partial charge in [0.2, 0.25) is 0 Å². The summed E-state index contributed by atoms with van der Waals surface area (Å²) in [5.74, 6) is 2.08. The molecular weight excluding hydrogens is 459 g/mol. The van der Waals surface area contributed by atoms with Gasteiger partial charge in [-0.15, -0.1) is 0 Å². The number of carbonyl (C=O) groups is 1. The number of hydrogen-bond donors (Lipinski definition) is 0. The minimum Gasteiger partial charge on any atom is -0.497 e. The summed E-state index contributed by atoms with van der Waals surface area (Å²) in [6.45, 7) is 4.37. The average Bonchev–Trinajstić information content (AvgIpc) is 3.33. The van der Waals surface area contributed by atoms with E-state index in [1.54, 1.807) is 38.2 Å². The number of nitrogens with zero attached hydrogens (tertiary/aromatic N) is 2. The number of likely N-dealkylation sites (tertiary alicyclic amines) is 1. The van der Waals surface area contributed by atoms with Crippen molar-refractivity contribution in [3.63, 3.8) is 0 Å². The molecule has 4 rings (SSSR count). The zero-order valence-corrected chi connectivity index (χ0v) is 21.5. The van der Waals surface area contributed by atoms with Crippen molar-refractivity contribution in [3.8, 4) is 11.5 Å².